The first-order valence-electron chi connectivity index (χ1n) is 8.64. The van der Waals surface area contributed by atoms with Gasteiger partial charge in [0, 0.05) is 51.6 Å². The van der Waals surface area contributed by atoms with Gasteiger partial charge in [0.1, 0.15) is 0 Å². The summed E-state index contributed by atoms with van der Waals surface area (Å²) < 4.78 is 0. The molecule has 0 unspecified atom stereocenters. The van der Waals surface area contributed by atoms with E-state index >= 15 is 0 Å². The van der Waals surface area contributed by atoms with Crippen LogP contribution in [0.25, 0.3) is 0 Å². The molecule has 0 aliphatic carbocycles. The zero-order valence-electron chi connectivity index (χ0n) is 17.5. The van der Waals surface area contributed by atoms with Crippen molar-refractivity contribution in [3.63, 3.8) is 0 Å². The van der Waals surface area contributed by atoms with Crippen molar-refractivity contribution >= 4 is 36.1 Å². The molecule has 0 heterocycles. The number of aromatic carboxylic acids is 1. The van der Waals surface area contributed by atoms with E-state index in [1.807, 2.05) is 0 Å². The molecule has 2 rings (SSSR count). The van der Waals surface area contributed by atoms with Gasteiger partial charge in [-0.25, -0.2) is 4.79 Å². The van der Waals surface area contributed by atoms with E-state index in [4.69, 9.17) is 5.11 Å². The van der Waals surface area contributed by atoms with Gasteiger partial charge in [0.05, 0.1) is 10.5 Å². The molecule has 31 heavy (non-hydrogen) atoms. The van der Waals surface area contributed by atoms with Crippen LogP contribution in [0.5, 0.6) is 0 Å². The van der Waals surface area contributed by atoms with Crippen molar-refractivity contribution in [2.24, 2.45) is 0 Å². The molecule has 0 atom stereocenters. The maximum atomic E-state index is 11.9. The van der Waals surface area contributed by atoms with Crippen LogP contribution < -0.4 is 5.32 Å². The average Bonchev–Trinajstić information content (AvgIpc) is 2.74. The molecule has 0 bridgehead atoms. The van der Waals surface area contributed by atoms with Crippen LogP contribution in [0.4, 0.5) is 11.4 Å². The molecular formula is C20H24N4O7. The van der Waals surface area contributed by atoms with Crippen LogP contribution in [0.15, 0.2) is 48.5 Å². The molecule has 3 amide bonds. The Balaban J connectivity index is 0.000000752. The fourth-order valence-electron chi connectivity index (χ4n) is 1.63. The van der Waals surface area contributed by atoms with E-state index in [1.54, 1.807) is 28.2 Å². The lowest BCUT2D eigenvalue weighted by Crippen LogP contribution is -2.12. The first-order chi connectivity index (χ1) is 14.5. The summed E-state index contributed by atoms with van der Waals surface area (Å²) in [6.07, 6.45) is 1.50. The van der Waals surface area contributed by atoms with E-state index in [0.717, 1.165) is 12.8 Å². The Labute approximate surface area is 179 Å². The summed E-state index contributed by atoms with van der Waals surface area (Å²) in [5, 5.41) is 21.9. The number of carboxylic acid groups (broad SMARTS) is 1. The van der Waals surface area contributed by atoms with Crippen molar-refractivity contribution in [1.29, 1.82) is 0 Å². The van der Waals surface area contributed by atoms with Gasteiger partial charge >= 0.3 is 5.97 Å². The summed E-state index contributed by atoms with van der Waals surface area (Å²) in [5.74, 6) is -1.49. The summed E-state index contributed by atoms with van der Waals surface area (Å²) in [6, 6.07) is 10.8. The van der Waals surface area contributed by atoms with Crippen molar-refractivity contribution in [1.82, 2.24) is 9.80 Å². The zero-order valence-corrected chi connectivity index (χ0v) is 17.5. The molecule has 0 aliphatic rings. The van der Waals surface area contributed by atoms with Gasteiger partial charge in [-0.3, -0.25) is 24.5 Å². The maximum Gasteiger partial charge on any atom is 0.335 e. The van der Waals surface area contributed by atoms with Gasteiger partial charge in [-0.05, 0) is 36.4 Å². The van der Waals surface area contributed by atoms with Crippen molar-refractivity contribution in [2.75, 3.05) is 33.5 Å². The molecule has 0 radical (unpaired) electrons. The third kappa shape index (κ3) is 11.3. The molecule has 166 valence electrons. The van der Waals surface area contributed by atoms with Crippen LogP contribution in [0.2, 0.25) is 0 Å². The lowest BCUT2D eigenvalue weighted by Gasteiger charge is -2.05. The first kappa shape index (κ1) is 26.7. The molecule has 11 heteroatoms. The maximum absolute atomic E-state index is 11.9. The Morgan fingerprint density at radius 3 is 1.58 bits per heavy atom. The Morgan fingerprint density at radius 2 is 1.26 bits per heavy atom. The molecule has 2 aromatic rings. The van der Waals surface area contributed by atoms with E-state index in [1.165, 1.54) is 58.3 Å². The lowest BCUT2D eigenvalue weighted by atomic mass is 10.1. The first-order valence-corrected chi connectivity index (χ1v) is 8.64. The summed E-state index contributed by atoms with van der Waals surface area (Å²) in [5.41, 5.74) is 0.715. The zero-order chi connectivity index (χ0) is 24.0. The fraction of sp³-hybridized carbons (Fsp3) is 0.200. The molecular weight excluding hydrogens is 408 g/mol. The van der Waals surface area contributed by atoms with Gasteiger partial charge in [-0.2, -0.15) is 0 Å². The quantitative estimate of drug-likeness (QED) is 0.402. The third-order valence-corrected chi connectivity index (χ3v) is 3.15. The van der Waals surface area contributed by atoms with Crippen molar-refractivity contribution < 1.29 is 29.2 Å². The summed E-state index contributed by atoms with van der Waals surface area (Å²) in [4.78, 5) is 54.3. The molecule has 2 aromatic carbocycles. The highest BCUT2D eigenvalue weighted by atomic mass is 16.6. The predicted molar refractivity (Wildman–Crippen MR) is 114 cm³/mol. The van der Waals surface area contributed by atoms with E-state index in [2.05, 4.69) is 5.32 Å². The van der Waals surface area contributed by atoms with Crippen LogP contribution in [0, 0.1) is 10.1 Å². The van der Waals surface area contributed by atoms with Gasteiger partial charge in [-0.15, -0.1) is 0 Å². The van der Waals surface area contributed by atoms with Gasteiger partial charge < -0.3 is 20.2 Å². The predicted octanol–water partition coefficient (Wildman–Crippen LogP) is 1.95. The van der Waals surface area contributed by atoms with Crippen LogP contribution in [-0.4, -0.2) is 72.7 Å². The minimum absolute atomic E-state index is 0.0997. The molecule has 0 spiro atoms. The fourth-order valence-corrected chi connectivity index (χ4v) is 1.63. The smallest absolute Gasteiger partial charge is 0.335 e. The highest BCUT2D eigenvalue weighted by Crippen LogP contribution is 2.14. The minimum Gasteiger partial charge on any atom is -0.478 e. The van der Waals surface area contributed by atoms with E-state index in [9.17, 15) is 29.3 Å². The number of nitrogens with one attached hydrogen (secondary N) is 1. The van der Waals surface area contributed by atoms with Crippen molar-refractivity contribution in [2.45, 2.75) is 0 Å². The van der Waals surface area contributed by atoms with Gasteiger partial charge in [0.25, 0.3) is 11.6 Å². The monoisotopic (exact) mass is 432 g/mol. The van der Waals surface area contributed by atoms with Gasteiger partial charge in [0.15, 0.2) is 0 Å². The second-order valence-electron chi connectivity index (χ2n) is 6.28. The van der Waals surface area contributed by atoms with Gasteiger partial charge in [-0.1, -0.05) is 0 Å². The second kappa shape index (κ2) is 13.8. The van der Waals surface area contributed by atoms with E-state index < -0.39 is 16.8 Å². The molecule has 0 aliphatic heterocycles. The standard InChI is InChI=1S/C14H10N2O5.2C3H7NO/c17-13(9-3-7-12(8-4-9)16(20)21)15-11-5-1-10(2-6-11)14(18)19;2*1-4(2)3-5/h1-8H,(H,15,17)(H,18,19);2*3H,1-2H3. The Bertz CT molecular complexity index is 867. The number of hydrogen-bond donors (Lipinski definition) is 2. The molecule has 11 nitrogen and oxygen atoms in total. The number of nitro groups is 1. The molecule has 0 aromatic heterocycles. The number of carbonyl (C=O) groups excluding carboxylic acids is 3. The van der Waals surface area contributed by atoms with Crippen LogP contribution in [-0.2, 0) is 9.59 Å². The van der Waals surface area contributed by atoms with Crippen LogP contribution in [0.3, 0.4) is 0 Å². The number of nitrogens with zero attached hydrogens (tertiary/aromatic N) is 3. The van der Waals surface area contributed by atoms with Crippen LogP contribution in [0.1, 0.15) is 20.7 Å². The second-order valence-corrected chi connectivity index (χ2v) is 6.28. The molecule has 0 saturated carbocycles. The number of hydrogen-bond acceptors (Lipinski definition) is 6. The third-order valence-electron chi connectivity index (χ3n) is 3.15. The van der Waals surface area contributed by atoms with E-state index in [-0.39, 0.29) is 16.8 Å². The number of amides is 3. The average molecular weight is 432 g/mol. The molecule has 2 N–H and O–H groups in total. The molecule has 0 fully saturated rings. The minimum atomic E-state index is -1.05. The number of rotatable bonds is 6. The number of non-ortho nitro benzene ring substituents is 1. The number of carbonyl (C=O) groups is 4. The van der Waals surface area contributed by atoms with Gasteiger partial charge in [0.2, 0.25) is 12.8 Å². The Hall–Kier alpha value is -4.28. The Kier molecular flexibility index (Phi) is 11.9. The SMILES string of the molecule is CN(C)C=O.CN(C)C=O.O=C(O)c1ccc(NC(=O)c2ccc([N+](=O)[O-])cc2)cc1. The number of benzene rings is 2. The highest BCUT2D eigenvalue weighted by Gasteiger charge is 2.10. The number of nitro benzene ring substituents is 1. The van der Waals surface area contributed by atoms with Crippen molar-refractivity contribution in [3.05, 3.63) is 69.8 Å². The topological polar surface area (TPSA) is 150 Å². The summed E-state index contributed by atoms with van der Waals surface area (Å²) in [6.45, 7) is 0. The Morgan fingerprint density at radius 1 is 0.871 bits per heavy atom. The highest BCUT2D eigenvalue weighted by molar-refractivity contribution is 6.04. The summed E-state index contributed by atoms with van der Waals surface area (Å²) in [7, 11) is 6.75. The van der Waals surface area contributed by atoms with Crippen LogP contribution >= 0.6 is 0 Å². The van der Waals surface area contributed by atoms with Crippen molar-refractivity contribution in [3.8, 4) is 0 Å². The number of carboxylic acids is 1. The molecule has 0 saturated heterocycles. The normalized spacial score (nSPS) is 8.90. The largest absolute Gasteiger partial charge is 0.478 e. The number of anilines is 1. The van der Waals surface area contributed by atoms with E-state index in [0.29, 0.717) is 5.69 Å². The summed E-state index contributed by atoms with van der Waals surface area (Å²) >= 11 is 0. The lowest BCUT2D eigenvalue weighted by molar-refractivity contribution is -0.384.